The first-order valence-electron chi connectivity index (χ1n) is 3.54. The van der Waals surface area contributed by atoms with E-state index in [1.165, 1.54) is 0 Å². The smallest absolute Gasteiger partial charge is 0.871 e. The predicted octanol–water partition coefficient (Wildman–Crippen LogP) is -6.26. The molecule has 0 aliphatic heterocycles. The average Bonchev–Trinajstić information content (AvgIpc) is 2.10. The Morgan fingerprint density at radius 3 is 2.12 bits per heavy atom. The van der Waals surface area contributed by atoms with E-state index in [1.807, 2.05) is 0 Å². The maximum atomic E-state index is 13.1. The monoisotopic (exact) mass is 242 g/mol. The first-order valence-corrected chi connectivity index (χ1v) is 3.54. The van der Waals surface area contributed by atoms with E-state index >= 15 is 0 Å². The van der Waals surface area contributed by atoms with E-state index in [0.29, 0.717) is 0 Å². The van der Waals surface area contributed by atoms with Gasteiger partial charge in [0.05, 0.1) is 7.32 Å². The van der Waals surface area contributed by atoms with Crippen molar-refractivity contribution in [3.05, 3.63) is 23.6 Å². The molecule has 0 radical (unpaired) electrons. The van der Waals surface area contributed by atoms with E-state index in [0.717, 1.165) is 0 Å². The molecule has 0 fully saturated rings. The van der Waals surface area contributed by atoms with Crippen LogP contribution in [0.4, 0.5) is 22.0 Å². The minimum Gasteiger partial charge on any atom is -0.871 e. The van der Waals surface area contributed by atoms with E-state index in [-0.39, 0.29) is 37.7 Å². The Balaban J connectivity index is 0. The van der Waals surface area contributed by atoms with Crippen LogP contribution in [-0.2, 0) is 4.65 Å². The zero-order valence-electron chi connectivity index (χ0n) is 8.85. The van der Waals surface area contributed by atoms with Gasteiger partial charge < -0.3 is 14.7 Å². The topological polar surface area (TPSA) is 55.3 Å². The number of hydrogen-bond donors (Lipinski definition) is 0. The van der Waals surface area contributed by atoms with Gasteiger partial charge in [0.15, 0.2) is 17.5 Å². The second kappa shape index (κ2) is 7.01. The van der Waals surface area contributed by atoms with Crippen LogP contribution >= 0.6 is 0 Å². The molecule has 3 nitrogen and oxygen atoms in total. The molecule has 0 N–H and O–H groups in total. The Labute approximate surface area is 117 Å². The molecule has 1 aliphatic carbocycles. The second-order valence-corrected chi connectivity index (χ2v) is 2.62. The van der Waals surface area contributed by atoms with Crippen LogP contribution in [0.5, 0.6) is 0 Å². The van der Waals surface area contributed by atoms with Crippen molar-refractivity contribution < 1.29 is 74.4 Å². The minimum atomic E-state index is -3.92. The van der Waals surface area contributed by atoms with Crippen LogP contribution in [0.2, 0.25) is 0 Å². The molecule has 0 spiro atoms. The summed E-state index contributed by atoms with van der Waals surface area (Å²) >= 11 is 0. The summed E-state index contributed by atoms with van der Waals surface area (Å²) in [7, 11) is -3.30. The first-order chi connectivity index (χ1) is 6.78. The number of alkyl halides is 2. The van der Waals surface area contributed by atoms with Crippen molar-refractivity contribution in [3.8, 4) is 0 Å². The van der Waals surface area contributed by atoms with Crippen LogP contribution < -0.4 is 47.8 Å². The molecule has 0 aromatic rings. The van der Waals surface area contributed by atoms with Crippen LogP contribution in [0, 0.1) is 0 Å². The van der Waals surface area contributed by atoms with Gasteiger partial charge in [-0.25, -0.2) is 22.0 Å². The summed E-state index contributed by atoms with van der Waals surface area (Å²) in [5.74, 6) is -10.6. The van der Waals surface area contributed by atoms with E-state index in [4.69, 9.17) is 0 Å². The Morgan fingerprint density at radius 1 is 1.24 bits per heavy atom. The first kappa shape index (κ1) is 19.6. The third kappa shape index (κ3) is 4.15. The Kier molecular flexibility index (Phi) is 8.08. The summed E-state index contributed by atoms with van der Waals surface area (Å²) in [6, 6.07) is 0. The van der Waals surface area contributed by atoms with Gasteiger partial charge in [-0.05, 0) is 0 Å². The van der Waals surface area contributed by atoms with Crippen molar-refractivity contribution in [1.82, 2.24) is 0 Å². The largest absolute Gasteiger partial charge is 1.00 e. The van der Waals surface area contributed by atoms with Crippen molar-refractivity contribution in [2.75, 3.05) is 0 Å². The molecule has 2 atom stereocenters. The summed E-state index contributed by atoms with van der Waals surface area (Å²) in [6.07, 6.45) is -3.83. The average molecular weight is 242 g/mol. The van der Waals surface area contributed by atoms with Gasteiger partial charge >= 0.3 is 37.7 Å². The molecule has 1 aliphatic rings. The van der Waals surface area contributed by atoms with Crippen LogP contribution in [-0.4, -0.2) is 19.3 Å². The molecule has 0 aromatic heterocycles. The van der Waals surface area contributed by atoms with Crippen molar-refractivity contribution in [2.24, 2.45) is 0 Å². The van der Waals surface area contributed by atoms with Crippen LogP contribution in [0.1, 0.15) is 0 Å². The van der Waals surface area contributed by atoms with Gasteiger partial charge in [-0.2, -0.15) is 0 Å². The van der Waals surface area contributed by atoms with Gasteiger partial charge in [0, 0.05) is 6.08 Å². The van der Waals surface area contributed by atoms with Gasteiger partial charge in [-0.15, -0.1) is 0 Å². The number of allylic oxidation sites excluding steroid dienone is 2. The van der Waals surface area contributed by atoms with Crippen molar-refractivity contribution >= 4 is 7.32 Å². The number of halogens is 5. The van der Waals surface area contributed by atoms with E-state index in [2.05, 4.69) is 4.65 Å². The zero-order chi connectivity index (χ0) is 11.8. The van der Waals surface area contributed by atoms with Crippen LogP contribution in [0.3, 0.4) is 0 Å². The number of rotatable bonds is 2. The standard InChI is InChI=1S/C6H2BF5O3.2Li/c8-2-1-6(12,15-7(13)14)5(11)4(10)3(2)9;;/h1,5H;;/q-2;2*+1. The minimum absolute atomic E-state index is 0. The van der Waals surface area contributed by atoms with Gasteiger partial charge in [-0.3, -0.25) is 0 Å². The molecular weight excluding hydrogens is 240 g/mol. The summed E-state index contributed by atoms with van der Waals surface area (Å²) in [5, 5.41) is 19.7. The summed E-state index contributed by atoms with van der Waals surface area (Å²) in [6.45, 7) is 0. The van der Waals surface area contributed by atoms with Gasteiger partial charge in [0.1, 0.15) is 0 Å². The summed E-state index contributed by atoms with van der Waals surface area (Å²) in [4.78, 5) is 0. The Hall–Kier alpha value is 0.270. The Bertz CT molecular complexity index is 340. The van der Waals surface area contributed by atoms with Crippen molar-refractivity contribution in [3.63, 3.8) is 0 Å². The molecule has 11 heteroatoms. The molecule has 84 valence electrons. The molecule has 0 saturated heterocycles. The van der Waals surface area contributed by atoms with Crippen LogP contribution in [0.15, 0.2) is 23.6 Å². The van der Waals surface area contributed by atoms with Crippen LogP contribution in [0.25, 0.3) is 0 Å². The molecule has 0 amide bonds. The fourth-order valence-electron chi connectivity index (χ4n) is 0.949. The Morgan fingerprint density at radius 2 is 1.71 bits per heavy atom. The van der Waals surface area contributed by atoms with E-state index in [1.54, 1.807) is 0 Å². The normalized spacial score (nSPS) is 27.9. The van der Waals surface area contributed by atoms with Gasteiger partial charge in [0.2, 0.25) is 6.17 Å². The maximum Gasteiger partial charge on any atom is 1.00 e. The van der Waals surface area contributed by atoms with E-state index < -0.39 is 42.9 Å². The third-order valence-electron chi connectivity index (χ3n) is 1.59. The zero-order valence-corrected chi connectivity index (χ0v) is 8.85. The molecular formula is C6H2BF5Li2O3. The van der Waals surface area contributed by atoms with Crippen molar-refractivity contribution in [1.29, 1.82) is 0 Å². The molecule has 0 heterocycles. The molecule has 1 rings (SSSR count). The predicted molar refractivity (Wildman–Crippen MR) is 34.0 cm³/mol. The molecule has 0 saturated carbocycles. The molecule has 17 heavy (non-hydrogen) atoms. The molecule has 2 unspecified atom stereocenters. The summed E-state index contributed by atoms with van der Waals surface area (Å²) in [5.41, 5.74) is 0. The quantitative estimate of drug-likeness (QED) is 0.357. The summed E-state index contributed by atoms with van der Waals surface area (Å²) < 4.78 is 66.4. The number of hydrogen-bond acceptors (Lipinski definition) is 3. The fourth-order valence-corrected chi connectivity index (χ4v) is 0.949. The molecule has 0 bridgehead atoms. The fraction of sp³-hybridized carbons (Fsp3) is 0.333. The third-order valence-corrected chi connectivity index (χ3v) is 1.59. The van der Waals surface area contributed by atoms with Gasteiger partial charge in [0.25, 0.3) is 5.85 Å². The SMILES string of the molecule is [Li+].[Li+].[O-]B([O-])OC1(F)C=C(F)C(F)=C(F)C1F. The van der Waals surface area contributed by atoms with Crippen molar-refractivity contribution in [2.45, 2.75) is 12.0 Å². The second-order valence-electron chi connectivity index (χ2n) is 2.62. The maximum absolute atomic E-state index is 13.1. The van der Waals surface area contributed by atoms with E-state index in [9.17, 15) is 32.0 Å². The molecule has 0 aromatic carbocycles. The van der Waals surface area contributed by atoms with Gasteiger partial charge in [-0.1, -0.05) is 0 Å².